The molecule has 2 N–H and O–H groups in total. The number of hydrogen-bond donors (Lipinski definition) is 2. The van der Waals surface area contributed by atoms with Crippen LogP contribution in [0.4, 0.5) is 0 Å². The quantitative estimate of drug-likeness (QED) is 0.749. The number of carbonyl (C=O) groups excluding carboxylic acids is 1. The van der Waals surface area contributed by atoms with Crippen molar-refractivity contribution in [3.8, 4) is 0 Å². The van der Waals surface area contributed by atoms with Gasteiger partial charge >= 0.3 is 0 Å². The fourth-order valence-electron chi connectivity index (χ4n) is 3.22. The second kappa shape index (κ2) is 4.36. The molecule has 1 saturated carbocycles. The molecule has 2 fully saturated rings. The van der Waals surface area contributed by atoms with Gasteiger partial charge in [0.15, 0.2) is 0 Å². The summed E-state index contributed by atoms with van der Waals surface area (Å²) in [6.45, 7) is 7.87. The van der Waals surface area contributed by atoms with Crippen LogP contribution in [-0.4, -0.2) is 24.5 Å². The summed E-state index contributed by atoms with van der Waals surface area (Å²) in [4.78, 5) is 11.1. The number of amides is 1. The Bertz CT molecular complexity index is 275. The van der Waals surface area contributed by atoms with Gasteiger partial charge < -0.3 is 10.6 Å². The molecule has 0 bridgehead atoms. The molecule has 16 heavy (non-hydrogen) atoms. The Morgan fingerprint density at radius 2 is 2.19 bits per heavy atom. The van der Waals surface area contributed by atoms with E-state index >= 15 is 0 Å². The Labute approximate surface area is 98.4 Å². The van der Waals surface area contributed by atoms with Crippen LogP contribution in [0.3, 0.4) is 0 Å². The van der Waals surface area contributed by atoms with Crippen LogP contribution in [0.1, 0.15) is 46.5 Å². The maximum atomic E-state index is 11.1. The van der Waals surface area contributed by atoms with E-state index in [4.69, 9.17) is 0 Å². The van der Waals surface area contributed by atoms with Crippen molar-refractivity contribution >= 4 is 5.91 Å². The molecule has 1 aliphatic heterocycles. The van der Waals surface area contributed by atoms with Crippen LogP contribution in [-0.2, 0) is 4.79 Å². The standard InChI is InChI=1S/C13H24N2O/c1-9-7-13(2,3)5-4-11(9)15-10-6-12(16)14-8-10/h9-11,15H,4-8H2,1-3H3,(H,14,16). The molecule has 3 nitrogen and oxygen atoms in total. The molecule has 0 aromatic carbocycles. The minimum absolute atomic E-state index is 0.196. The zero-order valence-electron chi connectivity index (χ0n) is 10.7. The van der Waals surface area contributed by atoms with E-state index in [-0.39, 0.29) is 5.91 Å². The minimum atomic E-state index is 0.196. The lowest BCUT2D eigenvalue weighted by Crippen LogP contribution is -2.47. The summed E-state index contributed by atoms with van der Waals surface area (Å²) in [7, 11) is 0. The summed E-state index contributed by atoms with van der Waals surface area (Å²) in [5.74, 6) is 0.917. The molecule has 3 heteroatoms. The molecule has 1 aliphatic carbocycles. The molecular formula is C13H24N2O. The van der Waals surface area contributed by atoms with E-state index in [0.717, 1.165) is 12.5 Å². The van der Waals surface area contributed by atoms with E-state index in [2.05, 4.69) is 31.4 Å². The molecule has 0 spiro atoms. The molecule has 2 aliphatic rings. The van der Waals surface area contributed by atoms with Crippen molar-refractivity contribution in [3.05, 3.63) is 0 Å². The molecule has 92 valence electrons. The van der Waals surface area contributed by atoms with E-state index in [1.807, 2.05) is 0 Å². The number of rotatable bonds is 2. The summed E-state index contributed by atoms with van der Waals surface area (Å²) < 4.78 is 0. The van der Waals surface area contributed by atoms with E-state index < -0.39 is 0 Å². The summed E-state index contributed by atoms with van der Waals surface area (Å²) >= 11 is 0. The summed E-state index contributed by atoms with van der Waals surface area (Å²) in [6, 6.07) is 0.965. The maximum absolute atomic E-state index is 11.1. The molecule has 3 unspecified atom stereocenters. The van der Waals surface area contributed by atoms with Gasteiger partial charge in [-0.3, -0.25) is 4.79 Å². The first-order chi connectivity index (χ1) is 7.46. The number of hydrogen-bond acceptors (Lipinski definition) is 2. The smallest absolute Gasteiger partial charge is 0.221 e. The van der Waals surface area contributed by atoms with Gasteiger partial charge in [0.2, 0.25) is 5.91 Å². The topological polar surface area (TPSA) is 41.1 Å². The highest BCUT2D eigenvalue weighted by molar-refractivity contribution is 5.78. The number of nitrogens with one attached hydrogen (secondary N) is 2. The first-order valence-electron chi connectivity index (χ1n) is 6.49. The molecule has 1 amide bonds. The summed E-state index contributed by atoms with van der Waals surface area (Å²) in [6.07, 6.45) is 4.49. The maximum Gasteiger partial charge on any atom is 0.221 e. The van der Waals surface area contributed by atoms with Gasteiger partial charge in [-0.1, -0.05) is 20.8 Å². The summed E-state index contributed by atoms with van der Waals surface area (Å²) in [5.41, 5.74) is 0.501. The van der Waals surface area contributed by atoms with Gasteiger partial charge in [0.1, 0.15) is 0 Å². The highest BCUT2D eigenvalue weighted by atomic mass is 16.1. The predicted octanol–water partition coefficient (Wildman–Crippen LogP) is 1.68. The van der Waals surface area contributed by atoms with Crippen LogP contribution in [0.2, 0.25) is 0 Å². The Kier molecular flexibility index (Phi) is 3.24. The first-order valence-corrected chi connectivity index (χ1v) is 6.49. The van der Waals surface area contributed by atoms with Gasteiger partial charge in [-0.15, -0.1) is 0 Å². The van der Waals surface area contributed by atoms with Crippen molar-refractivity contribution in [3.63, 3.8) is 0 Å². The Morgan fingerprint density at radius 1 is 1.44 bits per heavy atom. The lowest BCUT2D eigenvalue weighted by atomic mass is 9.70. The van der Waals surface area contributed by atoms with Gasteiger partial charge in [0.05, 0.1) is 0 Å². The lowest BCUT2D eigenvalue weighted by molar-refractivity contribution is -0.119. The third-order valence-electron chi connectivity index (χ3n) is 4.12. The normalized spacial score (nSPS) is 38.4. The predicted molar refractivity (Wildman–Crippen MR) is 65.1 cm³/mol. The van der Waals surface area contributed by atoms with Crippen LogP contribution in [0.15, 0.2) is 0 Å². The van der Waals surface area contributed by atoms with Gasteiger partial charge in [0.25, 0.3) is 0 Å². The molecule has 0 radical (unpaired) electrons. The molecule has 2 rings (SSSR count). The van der Waals surface area contributed by atoms with Crippen molar-refractivity contribution in [2.75, 3.05) is 6.54 Å². The second-order valence-corrected chi connectivity index (χ2v) is 6.36. The van der Waals surface area contributed by atoms with Crippen LogP contribution >= 0.6 is 0 Å². The Morgan fingerprint density at radius 3 is 2.75 bits per heavy atom. The Hall–Kier alpha value is -0.570. The highest BCUT2D eigenvalue weighted by Crippen LogP contribution is 2.38. The van der Waals surface area contributed by atoms with Crippen molar-refractivity contribution in [1.82, 2.24) is 10.6 Å². The molecule has 0 aromatic heterocycles. The largest absolute Gasteiger partial charge is 0.354 e. The Balaban J connectivity index is 1.84. The third-order valence-corrected chi connectivity index (χ3v) is 4.12. The van der Waals surface area contributed by atoms with E-state index in [1.54, 1.807) is 0 Å². The molecule has 0 aromatic rings. The van der Waals surface area contributed by atoms with Gasteiger partial charge in [-0.25, -0.2) is 0 Å². The monoisotopic (exact) mass is 224 g/mol. The lowest BCUT2D eigenvalue weighted by Gasteiger charge is -2.40. The van der Waals surface area contributed by atoms with Crippen molar-refractivity contribution in [2.24, 2.45) is 11.3 Å². The van der Waals surface area contributed by atoms with Crippen LogP contribution in [0, 0.1) is 11.3 Å². The fraction of sp³-hybridized carbons (Fsp3) is 0.923. The van der Waals surface area contributed by atoms with Crippen LogP contribution in [0.25, 0.3) is 0 Å². The molecule has 1 heterocycles. The van der Waals surface area contributed by atoms with Gasteiger partial charge in [0, 0.05) is 25.0 Å². The minimum Gasteiger partial charge on any atom is -0.354 e. The van der Waals surface area contributed by atoms with Gasteiger partial charge in [-0.2, -0.15) is 0 Å². The first kappa shape index (κ1) is 11.9. The van der Waals surface area contributed by atoms with E-state index in [1.165, 1.54) is 19.3 Å². The zero-order valence-corrected chi connectivity index (χ0v) is 10.7. The van der Waals surface area contributed by atoms with Crippen LogP contribution < -0.4 is 10.6 Å². The average Bonchev–Trinajstić information content (AvgIpc) is 2.56. The molecular weight excluding hydrogens is 200 g/mol. The SMILES string of the molecule is CC1CC(C)(C)CCC1NC1CNC(=O)C1. The molecule has 1 saturated heterocycles. The van der Waals surface area contributed by atoms with E-state index in [9.17, 15) is 4.79 Å². The average molecular weight is 224 g/mol. The van der Waals surface area contributed by atoms with E-state index in [0.29, 0.717) is 23.9 Å². The number of carbonyl (C=O) groups is 1. The summed E-state index contributed by atoms with van der Waals surface area (Å²) in [5, 5.41) is 6.54. The second-order valence-electron chi connectivity index (χ2n) is 6.36. The highest BCUT2D eigenvalue weighted by Gasteiger charge is 2.34. The third kappa shape index (κ3) is 2.76. The van der Waals surface area contributed by atoms with Crippen molar-refractivity contribution < 1.29 is 4.79 Å². The van der Waals surface area contributed by atoms with Crippen molar-refractivity contribution in [1.29, 1.82) is 0 Å². The molecule has 3 atom stereocenters. The zero-order chi connectivity index (χ0) is 11.8. The fourth-order valence-corrected chi connectivity index (χ4v) is 3.22. The van der Waals surface area contributed by atoms with Gasteiger partial charge in [-0.05, 0) is 30.6 Å². The van der Waals surface area contributed by atoms with Crippen LogP contribution in [0.5, 0.6) is 0 Å². The van der Waals surface area contributed by atoms with Crippen molar-refractivity contribution in [2.45, 2.75) is 58.5 Å².